The Labute approximate surface area is 143 Å². The largest absolute Gasteiger partial charge is 0.497 e. The minimum absolute atomic E-state index is 0.764. The summed E-state index contributed by atoms with van der Waals surface area (Å²) >= 11 is 0. The summed E-state index contributed by atoms with van der Waals surface area (Å²) < 4.78 is 21.5. The van der Waals surface area contributed by atoms with E-state index in [1.54, 1.807) is 28.4 Å². The van der Waals surface area contributed by atoms with Gasteiger partial charge in [-0.1, -0.05) is 0 Å². The highest BCUT2D eigenvalue weighted by atomic mass is 16.5. The monoisotopic (exact) mass is 328 g/mol. The van der Waals surface area contributed by atoms with Crippen LogP contribution in [0, 0.1) is 0 Å². The molecule has 0 spiro atoms. The maximum Gasteiger partial charge on any atom is 0.123 e. The molecule has 0 fully saturated rings. The second-order valence-corrected chi connectivity index (χ2v) is 5.45. The quantitative estimate of drug-likeness (QED) is 0.722. The fourth-order valence-corrected chi connectivity index (χ4v) is 2.48. The van der Waals surface area contributed by atoms with Crippen molar-refractivity contribution >= 4 is 11.1 Å². The molecule has 0 saturated carbocycles. The lowest BCUT2D eigenvalue weighted by molar-refractivity contribution is 0.394. The number of benzene rings is 2. The van der Waals surface area contributed by atoms with Crippen molar-refractivity contribution in [2.24, 2.45) is 0 Å². The Morgan fingerprint density at radius 1 is 0.500 bits per heavy atom. The van der Waals surface area contributed by atoms with E-state index < -0.39 is 0 Å². The summed E-state index contributed by atoms with van der Waals surface area (Å²) in [5.41, 5.74) is 4.35. The summed E-state index contributed by atoms with van der Waals surface area (Å²) in [4.78, 5) is 0. The van der Waals surface area contributed by atoms with E-state index >= 15 is 0 Å². The molecule has 0 heterocycles. The lowest BCUT2D eigenvalue weighted by atomic mass is 9.96. The van der Waals surface area contributed by atoms with Gasteiger partial charge in [0.25, 0.3) is 0 Å². The highest BCUT2D eigenvalue weighted by molar-refractivity contribution is 5.90. The zero-order chi connectivity index (χ0) is 17.7. The first-order valence-corrected chi connectivity index (χ1v) is 7.66. The predicted molar refractivity (Wildman–Crippen MR) is 97.3 cm³/mol. The van der Waals surface area contributed by atoms with Crippen molar-refractivity contribution < 1.29 is 18.9 Å². The van der Waals surface area contributed by atoms with E-state index in [2.05, 4.69) is 13.8 Å². The predicted octanol–water partition coefficient (Wildman–Crippen LogP) is 4.67. The molecule has 2 aromatic rings. The van der Waals surface area contributed by atoms with Gasteiger partial charge in [0.1, 0.15) is 23.0 Å². The molecule has 0 aliphatic carbocycles. The van der Waals surface area contributed by atoms with Crippen LogP contribution in [0.2, 0.25) is 0 Å². The maximum absolute atomic E-state index is 5.36. The normalized spacial score (nSPS) is 11.6. The average molecular weight is 328 g/mol. The minimum atomic E-state index is 0.764. The molecular weight excluding hydrogens is 304 g/mol. The molecule has 24 heavy (non-hydrogen) atoms. The van der Waals surface area contributed by atoms with Gasteiger partial charge in [0, 0.05) is 12.1 Å². The highest BCUT2D eigenvalue weighted by Gasteiger charge is 2.10. The van der Waals surface area contributed by atoms with Gasteiger partial charge in [-0.3, -0.25) is 0 Å². The molecule has 0 saturated heterocycles. The number of ether oxygens (including phenoxy) is 4. The molecule has 0 unspecified atom stereocenters. The Kier molecular flexibility index (Phi) is 5.74. The molecule has 4 heteroatoms. The summed E-state index contributed by atoms with van der Waals surface area (Å²) in [6, 6.07) is 11.7. The summed E-state index contributed by atoms with van der Waals surface area (Å²) in [5.74, 6) is 3.05. The topological polar surface area (TPSA) is 36.9 Å². The molecule has 0 aromatic heterocycles. The van der Waals surface area contributed by atoms with E-state index in [0.717, 1.165) is 45.3 Å². The fraction of sp³-hybridized carbons (Fsp3) is 0.300. The van der Waals surface area contributed by atoms with Gasteiger partial charge in [-0.25, -0.2) is 0 Å². The second-order valence-electron chi connectivity index (χ2n) is 5.45. The number of rotatable bonds is 6. The van der Waals surface area contributed by atoms with Crippen LogP contribution in [0.1, 0.15) is 25.0 Å². The molecule has 0 aliphatic heterocycles. The third-order valence-electron chi connectivity index (χ3n) is 4.13. The van der Waals surface area contributed by atoms with Crippen LogP contribution in [0.3, 0.4) is 0 Å². The van der Waals surface area contributed by atoms with Gasteiger partial charge < -0.3 is 18.9 Å². The van der Waals surface area contributed by atoms with E-state index in [1.165, 1.54) is 0 Å². The van der Waals surface area contributed by atoms with E-state index in [4.69, 9.17) is 18.9 Å². The van der Waals surface area contributed by atoms with Crippen LogP contribution in [0.15, 0.2) is 36.4 Å². The molecule has 2 aromatic carbocycles. The number of hydrogen-bond donors (Lipinski definition) is 0. The molecule has 0 amide bonds. The molecule has 0 N–H and O–H groups in total. The van der Waals surface area contributed by atoms with Gasteiger partial charge in [-0.15, -0.1) is 0 Å². The van der Waals surface area contributed by atoms with Crippen LogP contribution in [0.5, 0.6) is 23.0 Å². The molecule has 0 radical (unpaired) electrons. The van der Waals surface area contributed by atoms with Crippen molar-refractivity contribution in [2.45, 2.75) is 13.8 Å². The SMILES string of the molecule is COc1cc(OC)cc(/C(C)=C(\C)c2cc(OC)cc(OC)c2)c1. The minimum Gasteiger partial charge on any atom is -0.497 e. The Bertz CT molecular complexity index is 639. The van der Waals surface area contributed by atoms with Crippen molar-refractivity contribution in [1.29, 1.82) is 0 Å². The third-order valence-corrected chi connectivity index (χ3v) is 4.13. The lowest BCUT2D eigenvalue weighted by Crippen LogP contribution is -1.93. The molecule has 0 aliphatic rings. The summed E-state index contributed by atoms with van der Waals surface area (Å²) in [5, 5.41) is 0. The van der Waals surface area contributed by atoms with Gasteiger partial charge in [-0.05, 0) is 60.4 Å². The van der Waals surface area contributed by atoms with Crippen LogP contribution >= 0.6 is 0 Å². The van der Waals surface area contributed by atoms with Crippen LogP contribution in [0.4, 0.5) is 0 Å². The number of hydrogen-bond acceptors (Lipinski definition) is 4. The van der Waals surface area contributed by atoms with Gasteiger partial charge in [0.15, 0.2) is 0 Å². The van der Waals surface area contributed by atoms with E-state index in [9.17, 15) is 0 Å². The summed E-state index contributed by atoms with van der Waals surface area (Å²) in [7, 11) is 6.60. The van der Waals surface area contributed by atoms with E-state index in [1.807, 2.05) is 36.4 Å². The Morgan fingerprint density at radius 2 is 0.750 bits per heavy atom. The van der Waals surface area contributed by atoms with Crippen molar-refractivity contribution in [1.82, 2.24) is 0 Å². The standard InChI is InChI=1S/C20H24O4/c1-13(15-7-17(21-3)11-18(8-15)22-4)14(2)16-9-19(23-5)12-20(10-16)24-6/h7-12H,1-6H3/b14-13+. The third kappa shape index (κ3) is 3.82. The van der Waals surface area contributed by atoms with Crippen molar-refractivity contribution in [2.75, 3.05) is 28.4 Å². The molecule has 2 rings (SSSR count). The van der Waals surface area contributed by atoms with Crippen molar-refractivity contribution in [3.05, 3.63) is 47.5 Å². The Balaban J connectivity index is 2.55. The van der Waals surface area contributed by atoms with Crippen molar-refractivity contribution in [3.63, 3.8) is 0 Å². The van der Waals surface area contributed by atoms with Crippen LogP contribution in [-0.2, 0) is 0 Å². The zero-order valence-electron chi connectivity index (χ0n) is 15.1. The molecule has 0 atom stereocenters. The van der Waals surface area contributed by atoms with Gasteiger partial charge in [0.2, 0.25) is 0 Å². The maximum atomic E-state index is 5.36. The van der Waals surface area contributed by atoms with Crippen LogP contribution in [0.25, 0.3) is 11.1 Å². The van der Waals surface area contributed by atoms with Gasteiger partial charge >= 0.3 is 0 Å². The van der Waals surface area contributed by atoms with E-state index in [0.29, 0.717) is 0 Å². The van der Waals surface area contributed by atoms with Crippen molar-refractivity contribution in [3.8, 4) is 23.0 Å². The van der Waals surface area contributed by atoms with Crippen LogP contribution in [-0.4, -0.2) is 28.4 Å². The van der Waals surface area contributed by atoms with Gasteiger partial charge in [0.05, 0.1) is 28.4 Å². The molecular formula is C20H24O4. The summed E-state index contributed by atoms with van der Waals surface area (Å²) in [6.07, 6.45) is 0. The number of allylic oxidation sites excluding steroid dienone is 2. The molecule has 128 valence electrons. The molecule has 4 nitrogen and oxygen atoms in total. The van der Waals surface area contributed by atoms with Crippen LogP contribution < -0.4 is 18.9 Å². The fourth-order valence-electron chi connectivity index (χ4n) is 2.48. The first kappa shape index (κ1) is 17.7. The van der Waals surface area contributed by atoms with Gasteiger partial charge in [-0.2, -0.15) is 0 Å². The summed E-state index contributed by atoms with van der Waals surface area (Å²) in [6.45, 7) is 4.16. The smallest absolute Gasteiger partial charge is 0.123 e. The van der Waals surface area contributed by atoms with E-state index in [-0.39, 0.29) is 0 Å². The first-order valence-electron chi connectivity index (χ1n) is 7.66. The second kappa shape index (κ2) is 7.77. The highest BCUT2D eigenvalue weighted by Crippen LogP contribution is 2.34. The Hall–Kier alpha value is -2.62. The number of methoxy groups -OCH3 is 4. The zero-order valence-corrected chi connectivity index (χ0v) is 15.1. The molecule has 0 bridgehead atoms. The first-order chi connectivity index (χ1) is 11.5. The Morgan fingerprint density at radius 3 is 0.958 bits per heavy atom. The average Bonchev–Trinajstić information content (AvgIpc) is 2.65. The lowest BCUT2D eigenvalue weighted by Gasteiger charge is -2.14.